The molecule has 1 N–H and O–H groups in total. The third kappa shape index (κ3) is 3.76. The van der Waals surface area contributed by atoms with Gasteiger partial charge in [-0.3, -0.25) is 9.69 Å². The van der Waals surface area contributed by atoms with E-state index in [2.05, 4.69) is 44.5 Å². The summed E-state index contributed by atoms with van der Waals surface area (Å²) in [6.45, 7) is 3.10. The Kier molecular flexibility index (Phi) is 4.85. The Morgan fingerprint density at radius 2 is 2.25 bits per heavy atom. The summed E-state index contributed by atoms with van der Waals surface area (Å²) in [5.41, 5.74) is 2.45. The molecule has 0 saturated carbocycles. The van der Waals surface area contributed by atoms with E-state index in [0.29, 0.717) is 18.1 Å². The average molecular weight is 328 g/mol. The quantitative estimate of drug-likeness (QED) is 0.914. The molecule has 2 aromatic rings. The Labute approximate surface area is 142 Å². The van der Waals surface area contributed by atoms with Crippen molar-refractivity contribution < 1.29 is 9.32 Å². The molecule has 0 unspecified atom stereocenters. The Balaban J connectivity index is 1.67. The van der Waals surface area contributed by atoms with Crippen molar-refractivity contribution in [1.82, 2.24) is 10.1 Å². The third-order valence-electron chi connectivity index (χ3n) is 4.38. The zero-order valence-corrected chi connectivity index (χ0v) is 14.5. The van der Waals surface area contributed by atoms with Gasteiger partial charge < -0.3 is 14.7 Å². The fourth-order valence-corrected chi connectivity index (χ4v) is 3.20. The van der Waals surface area contributed by atoms with Crippen LogP contribution in [-0.4, -0.2) is 43.1 Å². The van der Waals surface area contributed by atoms with Crippen LogP contribution in [0.1, 0.15) is 30.2 Å². The van der Waals surface area contributed by atoms with Crippen molar-refractivity contribution in [3.63, 3.8) is 0 Å². The molecule has 0 spiro atoms. The van der Waals surface area contributed by atoms with Crippen LogP contribution >= 0.6 is 0 Å². The molecule has 1 aliphatic rings. The highest BCUT2D eigenvalue weighted by atomic mass is 16.5. The maximum absolute atomic E-state index is 12.3. The highest BCUT2D eigenvalue weighted by molar-refractivity contribution is 5.91. The van der Waals surface area contributed by atoms with Gasteiger partial charge in [0.05, 0.1) is 6.54 Å². The summed E-state index contributed by atoms with van der Waals surface area (Å²) >= 11 is 0. The van der Waals surface area contributed by atoms with Crippen LogP contribution in [0.5, 0.6) is 0 Å². The molecule has 3 rings (SSSR count). The zero-order chi connectivity index (χ0) is 17.1. The first-order valence-electron chi connectivity index (χ1n) is 8.27. The largest absolute Gasteiger partial charge is 0.378 e. The predicted octanol–water partition coefficient (Wildman–Crippen LogP) is 2.82. The van der Waals surface area contributed by atoms with Crippen LogP contribution < -0.4 is 10.2 Å². The summed E-state index contributed by atoms with van der Waals surface area (Å²) in [5, 5.41) is 6.61. The van der Waals surface area contributed by atoms with E-state index in [9.17, 15) is 4.79 Å². The Bertz CT molecular complexity index is 711. The first-order valence-corrected chi connectivity index (χ1v) is 8.27. The van der Waals surface area contributed by atoms with Crippen molar-refractivity contribution in [3.8, 4) is 0 Å². The van der Waals surface area contributed by atoms with Crippen molar-refractivity contribution in [2.24, 2.45) is 0 Å². The number of hydrogen-bond acceptors (Lipinski definition) is 5. The Morgan fingerprint density at radius 1 is 1.42 bits per heavy atom. The Hall–Kier alpha value is -2.34. The lowest BCUT2D eigenvalue weighted by Crippen LogP contribution is -2.33. The third-order valence-corrected chi connectivity index (χ3v) is 4.38. The van der Waals surface area contributed by atoms with E-state index < -0.39 is 0 Å². The summed E-state index contributed by atoms with van der Waals surface area (Å²) in [5.74, 6) is 1.10. The number of rotatable bonds is 5. The minimum Gasteiger partial charge on any atom is -0.378 e. The lowest BCUT2D eigenvalue weighted by atomic mass is 10.0. The lowest BCUT2D eigenvalue weighted by molar-refractivity contribution is -0.117. The lowest BCUT2D eigenvalue weighted by Gasteiger charge is -2.25. The van der Waals surface area contributed by atoms with Gasteiger partial charge in [-0.2, -0.15) is 0 Å². The van der Waals surface area contributed by atoms with Crippen molar-refractivity contribution in [1.29, 1.82) is 0 Å². The second kappa shape index (κ2) is 7.05. The molecule has 1 aromatic heterocycles. The summed E-state index contributed by atoms with van der Waals surface area (Å²) < 4.78 is 4.98. The van der Waals surface area contributed by atoms with Crippen molar-refractivity contribution in [2.75, 3.05) is 37.4 Å². The number of benzene rings is 1. The van der Waals surface area contributed by atoms with Gasteiger partial charge in [-0.1, -0.05) is 17.3 Å². The number of carbonyl (C=O) groups excluding carboxylic acids is 1. The molecular weight excluding hydrogens is 304 g/mol. The van der Waals surface area contributed by atoms with Crippen LogP contribution in [-0.2, 0) is 4.79 Å². The molecular formula is C18H24N4O2. The van der Waals surface area contributed by atoms with Gasteiger partial charge in [0.2, 0.25) is 5.91 Å². The van der Waals surface area contributed by atoms with Gasteiger partial charge in [-0.15, -0.1) is 0 Å². The summed E-state index contributed by atoms with van der Waals surface area (Å²) in [6, 6.07) is 10.5. The minimum atomic E-state index is -0.0565. The highest BCUT2D eigenvalue weighted by Crippen LogP contribution is 2.33. The maximum atomic E-state index is 12.3. The molecule has 1 saturated heterocycles. The number of anilines is 2. The molecule has 1 aliphatic heterocycles. The Morgan fingerprint density at radius 3 is 2.96 bits per heavy atom. The second-order valence-corrected chi connectivity index (χ2v) is 6.49. The smallest absolute Gasteiger partial charge is 0.239 e. The van der Waals surface area contributed by atoms with Gasteiger partial charge in [0.25, 0.3) is 0 Å². The van der Waals surface area contributed by atoms with Crippen LogP contribution in [0.4, 0.5) is 11.5 Å². The predicted molar refractivity (Wildman–Crippen MR) is 94.2 cm³/mol. The SMILES string of the molecule is Cc1cc(NC(=O)CN2CCC[C@@H]2c2cccc(N(C)C)c2)no1. The van der Waals surface area contributed by atoms with Crippen LogP contribution in [0.2, 0.25) is 0 Å². The molecule has 6 nitrogen and oxygen atoms in total. The molecule has 1 amide bonds. The average Bonchev–Trinajstić information content (AvgIpc) is 3.16. The monoisotopic (exact) mass is 328 g/mol. The number of nitrogens with zero attached hydrogens (tertiary/aromatic N) is 3. The highest BCUT2D eigenvalue weighted by Gasteiger charge is 2.28. The summed E-state index contributed by atoms with van der Waals surface area (Å²) in [6.07, 6.45) is 2.18. The van der Waals surface area contributed by atoms with Gasteiger partial charge >= 0.3 is 0 Å². The molecule has 0 bridgehead atoms. The molecule has 0 aliphatic carbocycles. The van der Waals surface area contributed by atoms with E-state index in [1.54, 1.807) is 13.0 Å². The van der Waals surface area contributed by atoms with E-state index in [-0.39, 0.29) is 11.9 Å². The normalized spacial score (nSPS) is 17.9. The fraction of sp³-hybridized carbons (Fsp3) is 0.444. The molecule has 2 heterocycles. The number of amides is 1. The van der Waals surface area contributed by atoms with E-state index in [1.807, 2.05) is 14.1 Å². The van der Waals surface area contributed by atoms with Crippen LogP contribution in [0.15, 0.2) is 34.9 Å². The van der Waals surface area contributed by atoms with Gasteiger partial charge in [0, 0.05) is 31.9 Å². The second-order valence-electron chi connectivity index (χ2n) is 6.49. The molecule has 128 valence electrons. The van der Waals surface area contributed by atoms with Crippen LogP contribution in [0, 0.1) is 6.92 Å². The number of aryl methyl sites for hydroxylation is 1. The van der Waals surface area contributed by atoms with E-state index in [1.165, 1.54) is 11.3 Å². The van der Waals surface area contributed by atoms with Gasteiger partial charge in [0.15, 0.2) is 5.82 Å². The molecule has 0 radical (unpaired) electrons. The molecule has 1 atom stereocenters. The van der Waals surface area contributed by atoms with Crippen LogP contribution in [0.25, 0.3) is 0 Å². The van der Waals surface area contributed by atoms with Gasteiger partial charge in [-0.05, 0) is 44.0 Å². The molecule has 1 aromatic carbocycles. The standard InChI is InChI=1S/C18H24N4O2/c1-13-10-17(20-24-13)19-18(23)12-22-9-5-8-16(22)14-6-4-7-15(11-14)21(2)3/h4,6-7,10-11,16H,5,8-9,12H2,1-3H3,(H,19,20,23)/t16-/m1/s1. The fourth-order valence-electron chi connectivity index (χ4n) is 3.20. The van der Waals surface area contributed by atoms with E-state index in [0.717, 1.165) is 19.4 Å². The maximum Gasteiger partial charge on any atom is 0.239 e. The van der Waals surface area contributed by atoms with E-state index in [4.69, 9.17) is 4.52 Å². The first kappa shape index (κ1) is 16.5. The molecule has 6 heteroatoms. The van der Waals surface area contributed by atoms with E-state index >= 15 is 0 Å². The summed E-state index contributed by atoms with van der Waals surface area (Å²) in [4.78, 5) is 16.6. The van der Waals surface area contributed by atoms with Crippen molar-refractivity contribution >= 4 is 17.4 Å². The summed E-state index contributed by atoms with van der Waals surface area (Å²) in [7, 11) is 4.08. The minimum absolute atomic E-state index is 0.0565. The number of nitrogens with one attached hydrogen (secondary N) is 1. The number of hydrogen-bond donors (Lipinski definition) is 1. The molecule has 1 fully saturated rings. The number of carbonyl (C=O) groups is 1. The van der Waals surface area contributed by atoms with Crippen molar-refractivity contribution in [3.05, 3.63) is 41.7 Å². The van der Waals surface area contributed by atoms with Crippen molar-refractivity contribution in [2.45, 2.75) is 25.8 Å². The zero-order valence-electron chi connectivity index (χ0n) is 14.5. The first-order chi connectivity index (χ1) is 11.5. The van der Waals surface area contributed by atoms with Crippen LogP contribution in [0.3, 0.4) is 0 Å². The van der Waals surface area contributed by atoms with Gasteiger partial charge in [0.1, 0.15) is 5.76 Å². The molecule has 24 heavy (non-hydrogen) atoms. The number of aromatic nitrogens is 1. The topological polar surface area (TPSA) is 61.6 Å². The van der Waals surface area contributed by atoms with Gasteiger partial charge in [-0.25, -0.2) is 0 Å². The number of likely N-dealkylation sites (tertiary alicyclic amines) is 1.